The Bertz CT molecular complexity index is 329. The van der Waals surface area contributed by atoms with Gasteiger partial charge >= 0.3 is 0 Å². The van der Waals surface area contributed by atoms with Crippen LogP contribution in [-0.2, 0) is 4.79 Å². The van der Waals surface area contributed by atoms with Crippen molar-refractivity contribution in [2.75, 3.05) is 11.9 Å². The summed E-state index contributed by atoms with van der Waals surface area (Å²) in [5, 5.41) is 0. The van der Waals surface area contributed by atoms with Crippen LogP contribution >= 0.6 is 0 Å². The van der Waals surface area contributed by atoms with Crippen molar-refractivity contribution in [2.45, 2.75) is 13.3 Å². The molecule has 2 heteroatoms. The molecule has 1 aromatic rings. The average molecular weight is 189 g/mol. The molecular formula is C12H15NO. The van der Waals surface area contributed by atoms with Crippen LogP contribution in [-0.4, -0.2) is 13.0 Å². The molecule has 0 saturated heterocycles. The molecule has 0 aliphatic heterocycles. The van der Waals surface area contributed by atoms with Crippen LogP contribution in [0.4, 0.5) is 5.69 Å². The van der Waals surface area contributed by atoms with Crippen LogP contribution in [0, 0.1) is 0 Å². The third kappa shape index (κ3) is 2.22. The molecular weight excluding hydrogens is 174 g/mol. The maximum absolute atomic E-state index is 11.7. The molecule has 0 heterocycles. The summed E-state index contributed by atoms with van der Waals surface area (Å²) in [6.07, 6.45) is 0.690. The number of rotatable bonds is 3. The number of anilines is 1. The van der Waals surface area contributed by atoms with Crippen LogP contribution in [0.25, 0.3) is 0 Å². The Labute approximate surface area is 84.9 Å². The molecule has 0 radical (unpaired) electrons. The van der Waals surface area contributed by atoms with Crippen molar-refractivity contribution < 1.29 is 4.79 Å². The highest BCUT2D eigenvalue weighted by Gasteiger charge is 2.11. The quantitative estimate of drug-likeness (QED) is 0.669. The molecule has 1 rings (SSSR count). The zero-order chi connectivity index (χ0) is 10.6. The number of carbonyl (C=O) groups excluding carboxylic acids is 1. The highest BCUT2D eigenvalue weighted by atomic mass is 16.2. The summed E-state index contributed by atoms with van der Waals surface area (Å²) in [7, 11) is 1.76. The highest BCUT2D eigenvalue weighted by molar-refractivity contribution is 6.04. The Morgan fingerprint density at radius 3 is 2.43 bits per heavy atom. The van der Waals surface area contributed by atoms with Gasteiger partial charge in [0.1, 0.15) is 0 Å². The molecule has 0 bridgehead atoms. The standard InChI is InChI=1S/C12H15NO/c1-4-10(2)12(14)13(3)11-8-6-5-7-9-11/h5-9H,2,4H2,1,3H3. The molecule has 0 fully saturated rings. The van der Waals surface area contributed by atoms with E-state index in [4.69, 9.17) is 0 Å². The SMILES string of the molecule is C=C(CC)C(=O)N(C)c1ccccc1. The molecule has 0 aliphatic rings. The number of amides is 1. The maximum Gasteiger partial charge on any atom is 0.253 e. The summed E-state index contributed by atoms with van der Waals surface area (Å²) in [4.78, 5) is 13.3. The van der Waals surface area contributed by atoms with E-state index in [0.717, 1.165) is 5.69 Å². The van der Waals surface area contributed by atoms with Crippen molar-refractivity contribution in [3.8, 4) is 0 Å². The lowest BCUT2D eigenvalue weighted by atomic mass is 10.2. The Morgan fingerprint density at radius 2 is 1.93 bits per heavy atom. The first-order chi connectivity index (χ1) is 6.66. The van der Waals surface area contributed by atoms with E-state index < -0.39 is 0 Å². The molecule has 74 valence electrons. The molecule has 1 amide bonds. The van der Waals surface area contributed by atoms with Crippen LogP contribution in [0.2, 0.25) is 0 Å². The summed E-state index contributed by atoms with van der Waals surface area (Å²) in [6.45, 7) is 5.66. The fraction of sp³-hybridized carbons (Fsp3) is 0.250. The van der Waals surface area contributed by atoms with Gasteiger partial charge in [-0.2, -0.15) is 0 Å². The van der Waals surface area contributed by atoms with Crippen molar-refractivity contribution in [1.29, 1.82) is 0 Å². The van der Waals surface area contributed by atoms with Gasteiger partial charge in [-0.3, -0.25) is 4.79 Å². The molecule has 0 N–H and O–H groups in total. The van der Waals surface area contributed by atoms with Crippen molar-refractivity contribution in [3.05, 3.63) is 42.5 Å². The lowest BCUT2D eigenvalue weighted by molar-refractivity contribution is -0.114. The van der Waals surface area contributed by atoms with Crippen LogP contribution in [0.1, 0.15) is 13.3 Å². The first kappa shape index (κ1) is 10.5. The second-order valence-electron chi connectivity index (χ2n) is 3.16. The van der Waals surface area contributed by atoms with Crippen LogP contribution in [0.5, 0.6) is 0 Å². The number of hydrogen-bond acceptors (Lipinski definition) is 1. The monoisotopic (exact) mass is 189 g/mol. The van der Waals surface area contributed by atoms with E-state index in [-0.39, 0.29) is 5.91 Å². The summed E-state index contributed by atoms with van der Waals surface area (Å²) in [5.74, 6) is -0.0151. The lowest BCUT2D eigenvalue weighted by Gasteiger charge is -2.17. The molecule has 0 unspecified atom stereocenters. The Kier molecular flexibility index (Phi) is 3.46. The molecule has 0 atom stereocenters. The summed E-state index contributed by atoms with van der Waals surface area (Å²) >= 11 is 0. The molecule has 14 heavy (non-hydrogen) atoms. The van der Waals surface area contributed by atoms with Gasteiger partial charge in [-0.15, -0.1) is 0 Å². The smallest absolute Gasteiger partial charge is 0.253 e. The summed E-state index contributed by atoms with van der Waals surface area (Å²) in [5.41, 5.74) is 1.53. The third-order valence-corrected chi connectivity index (χ3v) is 2.18. The van der Waals surface area contributed by atoms with E-state index >= 15 is 0 Å². The van der Waals surface area contributed by atoms with Gasteiger partial charge in [-0.1, -0.05) is 31.7 Å². The van der Waals surface area contributed by atoms with Gasteiger partial charge in [0.05, 0.1) is 0 Å². The fourth-order valence-electron chi connectivity index (χ4n) is 1.16. The molecule has 0 saturated carbocycles. The highest BCUT2D eigenvalue weighted by Crippen LogP contribution is 2.14. The van der Waals surface area contributed by atoms with Gasteiger partial charge in [-0.05, 0) is 18.6 Å². The second-order valence-corrected chi connectivity index (χ2v) is 3.16. The summed E-state index contributed by atoms with van der Waals surface area (Å²) < 4.78 is 0. The van der Waals surface area contributed by atoms with Gasteiger partial charge in [0.2, 0.25) is 0 Å². The minimum atomic E-state index is -0.0151. The van der Waals surface area contributed by atoms with Crippen LogP contribution in [0.3, 0.4) is 0 Å². The second kappa shape index (κ2) is 4.61. The van der Waals surface area contributed by atoms with Gasteiger partial charge in [-0.25, -0.2) is 0 Å². The largest absolute Gasteiger partial charge is 0.312 e. The first-order valence-corrected chi connectivity index (χ1v) is 4.67. The number of para-hydroxylation sites is 1. The zero-order valence-electron chi connectivity index (χ0n) is 8.66. The third-order valence-electron chi connectivity index (χ3n) is 2.18. The van der Waals surface area contributed by atoms with E-state index in [2.05, 4.69) is 6.58 Å². The van der Waals surface area contributed by atoms with Gasteiger partial charge in [0.15, 0.2) is 0 Å². The Morgan fingerprint density at radius 1 is 1.36 bits per heavy atom. The van der Waals surface area contributed by atoms with Crippen LogP contribution in [0.15, 0.2) is 42.5 Å². The van der Waals surface area contributed by atoms with Gasteiger partial charge in [0.25, 0.3) is 5.91 Å². The minimum Gasteiger partial charge on any atom is -0.312 e. The van der Waals surface area contributed by atoms with Crippen molar-refractivity contribution in [2.24, 2.45) is 0 Å². The van der Waals surface area contributed by atoms with Crippen molar-refractivity contribution >= 4 is 11.6 Å². The predicted molar refractivity (Wildman–Crippen MR) is 59.3 cm³/mol. The molecule has 2 nitrogen and oxygen atoms in total. The number of benzene rings is 1. The lowest BCUT2D eigenvalue weighted by Crippen LogP contribution is -2.27. The molecule has 0 spiro atoms. The fourth-order valence-corrected chi connectivity index (χ4v) is 1.16. The molecule has 0 aliphatic carbocycles. The number of likely N-dealkylation sites (N-methyl/N-ethyl adjacent to an activating group) is 1. The number of nitrogens with zero attached hydrogens (tertiary/aromatic N) is 1. The molecule has 0 aromatic heterocycles. The summed E-state index contributed by atoms with van der Waals surface area (Å²) in [6, 6.07) is 9.56. The Balaban J connectivity index is 2.81. The van der Waals surface area contributed by atoms with E-state index in [9.17, 15) is 4.79 Å². The van der Waals surface area contributed by atoms with Crippen molar-refractivity contribution in [1.82, 2.24) is 0 Å². The normalized spacial score (nSPS) is 9.57. The minimum absolute atomic E-state index is 0.0151. The Hall–Kier alpha value is -1.57. The zero-order valence-corrected chi connectivity index (χ0v) is 8.66. The van der Waals surface area contributed by atoms with Crippen LogP contribution < -0.4 is 4.90 Å². The predicted octanol–water partition coefficient (Wildman–Crippen LogP) is 2.62. The number of hydrogen-bond donors (Lipinski definition) is 0. The average Bonchev–Trinajstić information content (AvgIpc) is 2.27. The number of carbonyl (C=O) groups is 1. The maximum atomic E-state index is 11.7. The van der Waals surface area contributed by atoms with E-state index in [0.29, 0.717) is 12.0 Å². The van der Waals surface area contributed by atoms with E-state index in [1.54, 1.807) is 11.9 Å². The van der Waals surface area contributed by atoms with Gasteiger partial charge in [0, 0.05) is 18.3 Å². The van der Waals surface area contributed by atoms with Crippen molar-refractivity contribution in [3.63, 3.8) is 0 Å². The van der Waals surface area contributed by atoms with E-state index in [1.807, 2.05) is 37.3 Å². The topological polar surface area (TPSA) is 20.3 Å². The first-order valence-electron chi connectivity index (χ1n) is 4.67. The van der Waals surface area contributed by atoms with E-state index in [1.165, 1.54) is 0 Å². The molecule has 1 aromatic carbocycles. The van der Waals surface area contributed by atoms with Gasteiger partial charge < -0.3 is 4.90 Å².